The van der Waals surface area contributed by atoms with E-state index in [-0.39, 0.29) is 5.82 Å². The number of aldehydes is 1. The van der Waals surface area contributed by atoms with E-state index in [0.717, 1.165) is 13.1 Å². The number of carbonyl (C=O) groups is 1. The Bertz CT molecular complexity index is 477. The van der Waals surface area contributed by atoms with Crippen LogP contribution in [0.3, 0.4) is 0 Å². The number of halogens is 1. The zero-order valence-electron chi connectivity index (χ0n) is 12.0. The summed E-state index contributed by atoms with van der Waals surface area (Å²) in [5, 5.41) is 9.82. The molecule has 0 unspecified atom stereocenters. The Hall–Kier alpha value is -1.46. The number of hydrogen-bond acceptors (Lipinski definition) is 4. The molecule has 1 saturated heterocycles. The van der Waals surface area contributed by atoms with Crippen molar-refractivity contribution in [2.45, 2.75) is 19.4 Å². The number of rotatable bonds is 4. The Morgan fingerprint density at radius 3 is 2.50 bits per heavy atom. The predicted octanol–water partition coefficient (Wildman–Crippen LogP) is 1.53. The molecule has 2 rings (SSSR count). The van der Waals surface area contributed by atoms with Crippen LogP contribution in [0.1, 0.15) is 24.2 Å². The highest BCUT2D eigenvalue weighted by Crippen LogP contribution is 2.24. The van der Waals surface area contributed by atoms with Crippen LogP contribution in [0.25, 0.3) is 0 Å². The van der Waals surface area contributed by atoms with Crippen LogP contribution in [0, 0.1) is 5.82 Å². The van der Waals surface area contributed by atoms with Gasteiger partial charge in [0.2, 0.25) is 0 Å². The van der Waals surface area contributed by atoms with Gasteiger partial charge in [0, 0.05) is 38.3 Å². The van der Waals surface area contributed by atoms with Crippen LogP contribution in [0.4, 0.5) is 10.1 Å². The molecule has 0 aromatic heterocycles. The molecule has 0 radical (unpaired) electrons. The predicted molar refractivity (Wildman–Crippen MR) is 76.7 cm³/mol. The zero-order chi connectivity index (χ0) is 14.8. The van der Waals surface area contributed by atoms with E-state index < -0.39 is 5.60 Å². The van der Waals surface area contributed by atoms with Crippen molar-refractivity contribution in [3.8, 4) is 0 Å². The monoisotopic (exact) mass is 280 g/mol. The molecule has 0 bridgehead atoms. The average molecular weight is 280 g/mol. The molecule has 20 heavy (non-hydrogen) atoms. The number of aliphatic hydroxyl groups is 1. The molecule has 110 valence electrons. The Kier molecular flexibility index (Phi) is 4.40. The normalized spacial score (nSPS) is 17.3. The highest BCUT2D eigenvalue weighted by molar-refractivity contribution is 5.84. The highest BCUT2D eigenvalue weighted by Gasteiger charge is 2.25. The Balaban J connectivity index is 2.06. The van der Waals surface area contributed by atoms with Crippen LogP contribution < -0.4 is 4.90 Å². The second kappa shape index (κ2) is 5.89. The van der Waals surface area contributed by atoms with Crippen molar-refractivity contribution < 1.29 is 14.3 Å². The maximum atomic E-state index is 13.9. The summed E-state index contributed by atoms with van der Waals surface area (Å²) in [6.45, 7) is 6.95. The van der Waals surface area contributed by atoms with E-state index in [1.54, 1.807) is 26.0 Å². The van der Waals surface area contributed by atoms with E-state index in [1.807, 2.05) is 4.90 Å². The van der Waals surface area contributed by atoms with Crippen molar-refractivity contribution >= 4 is 12.0 Å². The molecule has 0 spiro atoms. The first kappa shape index (κ1) is 14.9. The fourth-order valence-electron chi connectivity index (χ4n) is 2.64. The largest absolute Gasteiger partial charge is 0.389 e. The molecule has 5 heteroatoms. The van der Waals surface area contributed by atoms with Crippen molar-refractivity contribution in [1.82, 2.24) is 4.90 Å². The SMILES string of the molecule is CC(C)(O)CN1CCN(c2c(F)cccc2C=O)CC1. The lowest BCUT2D eigenvalue weighted by atomic mass is 10.1. The summed E-state index contributed by atoms with van der Waals surface area (Å²) in [5.41, 5.74) is 0.0556. The quantitative estimate of drug-likeness (QED) is 0.850. The van der Waals surface area contributed by atoms with Gasteiger partial charge < -0.3 is 10.0 Å². The van der Waals surface area contributed by atoms with Crippen molar-refractivity contribution in [1.29, 1.82) is 0 Å². The number of para-hydroxylation sites is 1. The van der Waals surface area contributed by atoms with Crippen LogP contribution >= 0.6 is 0 Å². The van der Waals surface area contributed by atoms with Gasteiger partial charge in [-0.15, -0.1) is 0 Å². The summed E-state index contributed by atoms with van der Waals surface area (Å²) in [7, 11) is 0. The molecule has 0 amide bonds. The van der Waals surface area contributed by atoms with Crippen molar-refractivity contribution in [3.05, 3.63) is 29.6 Å². The molecule has 1 N–H and O–H groups in total. The van der Waals surface area contributed by atoms with Crippen LogP contribution in [0.2, 0.25) is 0 Å². The summed E-state index contributed by atoms with van der Waals surface area (Å²) in [6.07, 6.45) is 0.696. The third-order valence-corrected chi connectivity index (χ3v) is 3.44. The Morgan fingerprint density at radius 1 is 1.30 bits per heavy atom. The molecule has 1 aliphatic heterocycles. The fraction of sp³-hybridized carbons (Fsp3) is 0.533. The molecule has 1 aliphatic rings. The van der Waals surface area contributed by atoms with Gasteiger partial charge in [0.1, 0.15) is 5.82 Å². The molecule has 1 aromatic carbocycles. The molecule has 1 heterocycles. The Morgan fingerprint density at radius 2 is 1.95 bits per heavy atom. The van der Waals surface area contributed by atoms with E-state index in [1.165, 1.54) is 6.07 Å². The second-order valence-corrected chi connectivity index (χ2v) is 5.87. The van der Waals surface area contributed by atoms with Crippen LogP contribution in [0.5, 0.6) is 0 Å². The van der Waals surface area contributed by atoms with Crippen molar-refractivity contribution in [2.24, 2.45) is 0 Å². The van der Waals surface area contributed by atoms with Gasteiger partial charge in [-0.1, -0.05) is 6.07 Å². The summed E-state index contributed by atoms with van der Waals surface area (Å²) in [5.74, 6) is -0.356. The smallest absolute Gasteiger partial charge is 0.152 e. The first-order chi connectivity index (χ1) is 9.40. The third-order valence-electron chi connectivity index (χ3n) is 3.44. The van der Waals surface area contributed by atoms with E-state index in [0.29, 0.717) is 37.2 Å². The van der Waals surface area contributed by atoms with Crippen LogP contribution in [-0.2, 0) is 0 Å². The topological polar surface area (TPSA) is 43.8 Å². The minimum Gasteiger partial charge on any atom is -0.389 e. The van der Waals surface area contributed by atoms with Crippen LogP contribution in [-0.4, -0.2) is 54.6 Å². The third kappa shape index (κ3) is 3.55. The molecular formula is C15H21FN2O2. The number of piperazine rings is 1. The number of carbonyl (C=O) groups excluding carboxylic acids is 1. The van der Waals surface area contributed by atoms with Gasteiger partial charge in [-0.05, 0) is 26.0 Å². The van der Waals surface area contributed by atoms with E-state index in [4.69, 9.17) is 0 Å². The minimum absolute atomic E-state index is 0.356. The summed E-state index contributed by atoms with van der Waals surface area (Å²) in [6, 6.07) is 4.56. The van der Waals surface area contributed by atoms with Gasteiger partial charge in [-0.3, -0.25) is 9.69 Å². The summed E-state index contributed by atoms with van der Waals surface area (Å²) < 4.78 is 13.9. The van der Waals surface area contributed by atoms with E-state index >= 15 is 0 Å². The number of β-amino-alcohol motifs (C(OH)–C–C–N with tert-alkyl or cyclic N) is 1. The van der Waals surface area contributed by atoms with Crippen LogP contribution in [0.15, 0.2) is 18.2 Å². The number of nitrogens with zero attached hydrogens (tertiary/aromatic N) is 2. The first-order valence-electron chi connectivity index (χ1n) is 6.84. The zero-order valence-corrected chi connectivity index (χ0v) is 12.0. The molecule has 0 aliphatic carbocycles. The van der Waals surface area contributed by atoms with Gasteiger partial charge in [0.25, 0.3) is 0 Å². The molecule has 1 fully saturated rings. The maximum Gasteiger partial charge on any atom is 0.152 e. The molecular weight excluding hydrogens is 259 g/mol. The summed E-state index contributed by atoms with van der Waals surface area (Å²) in [4.78, 5) is 15.1. The number of benzene rings is 1. The first-order valence-corrected chi connectivity index (χ1v) is 6.84. The van der Waals surface area contributed by atoms with Crippen molar-refractivity contribution in [2.75, 3.05) is 37.6 Å². The van der Waals surface area contributed by atoms with E-state index in [2.05, 4.69) is 4.90 Å². The van der Waals surface area contributed by atoms with Gasteiger partial charge in [-0.25, -0.2) is 4.39 Å². The van der Waals surface area contributed by atoms with E-state index in [9.17, 15) is 14.3 Å². The Labute approximate surface area is 118 Å². The number of anilines is 1. The molecule has 0 saturated carbocycles. The maximum absolute atomic E-state index is 13.9. The van der Waals surface area contributed by atoms with Gasteiger partial charge in [0.15, 0.2) is 6.29 Å². The summed E-state index contributed by atoms with van der Waals surface area (Å²) >= 11 is 0. The van der Waals surface area contributed by atoms with Gasteiger partial charge >= 0.3 is 0 Å². The standard InChI is InChI=1S/C15H21FN2O2/c1-15(2,20)11-17-6-8-18(9-7-17)14-12(10-19)4-3-5-13(14)16/h3-5,10,20H,6-9,11H2,1-2H3. The second-order valence-electron chi connectivity index (χ2n) is 5.87. The highest BCUT2D eigenvalue weighted by atomic mass is 19.1. The van der Waals surface area contributed by atoms with Gasteiger partial charge in [0.05, 0.1) is 11.3 Å². The lowest BCUT2D eigenvalue weighted by Crippen LogP contribution is -2.50. The van der Waals surface area contributed by atoms with Gasteiger partial charge in [-0.2, -0.15) is 0 Å². The number of hydrogen-bond donors (Lipinski definition) is 1. The average Bonchev–Trinajstić information content (AvgIpc) is 2.38. The lowest BCUT2D eigenvalue weighted by molar-refractivity contribution is 0.0344. The minimum atomic E-state index is -0.728. The van der Waals surface area contributed by atoms with Crippen molar-refractivity contribution in [3.63, 3.8) is 0 Å². The molecule has 4 nitrogen and oxygen atoms in total. The molecule has 1 aromatic rings. The lowest BCUT2D eigenvalue weighted by Gasteiger charge is -2.38. The fourth-order valence-corrected chi connectivity index (χ4v) is 2.64. The molecule has 0 atom stereocenters.